The molecule has 0 bridgehead atoms. The first kappa shape index (κ1) is 18.1. The van der Waals surface area contributed by atoms with Crippen molar-refractivity contribution < 1.29 is 5.11 Å². The Hall–Kier alpha value is -0.960. The number of hydrogen-bond donors (Lipinski definition) is 2. The van der Waals surface area contributed by atoms with Gasteiger partial charge in [-0.2, -0.15) is 0 Å². The molecule has 1 heterocycles. The summed E-state index contributed by atoms with van der Waals surface area (Å²) in [5.41, 5.74) is 0. The van der Waals surface area contributed by atoms with E-state index in [2.05, 4.69) is 29.3 Å². The lowest BCUT2D eigenvalue weighted by molar-refractivity contribution is 0.194. The van der Waals surface area contributed by atoms with Crippen molar-refractivity contribution in [3.8, 4) is 0 Å². The molecule has 0 saturated carbocycles. The normalized spacial score (nSPS) is 17.8. The highest BCUT2D eigenvalue weighted by molar-refractivity contribution is 4.93. The fourth-order valence-corrected chi connectivity index (χ4v) is 2.73. The van der Waals surface area contributed by atoms with E-state index in [9.17, 15) is 0 Å². The fourth-order valence-electron chi connectivity index (χ4n) is 2.73. The summed E-state index contributed by atoms with van der Waals surface area (Å²) in [6.45, 7) is 3.21. The number of aliphatic hydroxyl groups is 1. The third-order valence-corrected chi connectivity index (χ3v) is 4.05. The van der Waals surface area contributed by atoms with E-state index in [1.807, 2.05) is 12.4 Å². The fraction of sp³-hybridized carbons (Fsp3) is 0.778. The zero-order chi connectivity index (χ0) is 15.2. The van der Waals surface area contributed by atoms with Crippen LogP contribution in [0.25, 0.3) is 0 Å². The minimum absolute atomic E-state index is 0.230. The van der Waals surface area contributed by atoms with Crippen LogP contribution in [0.1, 0.15) is 71.1 Å². The van der Waals surface area contributed by atoms with E-state index in [0.717, 1.165) is 6.54 Å². The minimum Gasteiger partial charge on any atom is -0.395 e. The lowest BCUT2D eigenvalue weighted by Crippen LogP contribution is -2.36. The van der Waals surface area contributed by atoms with Crippen molar-refractivity contribution in [3.05, 3.63) is 24.6 Å². The standard InChI is InChI=1S/C18H34N2O/c1-2-3-4-5-6-7-8-9-10-11-12-13-18-19-14-15-20(18)16-17-21/h5-6,14-15,18-19,21H,2-4,7-13,16-17H2,1H3/b6-5+. The SMILES string of the molecule is CCCC/C=C/CCCCCCCC1NC=CN1CCO. The van der Waals surface area contributed by atoms with E-state index in [4.69, 9.17) is 5.11 Å². The van der Waals surface area contributed by atoms with Crippen LogP contribution in [0.3, 0.4) is 0 Å². The van der Waals surface area contributed by atoms with E-state index >= 15 is 0 Å². The van der Waals surface area contributed by atoms with Crippen molar-refractivity contribution >= 4 is 0 Å². The van der Waals surface area contributed by atoms with E-state index in [1.54, 1.807) is 0 Å². The topological polar surface area (TPSA) is 35.5 Å². The van der Waals surface area contributed by atoms with Gasteiger partial charge in [0.05, 0.1) is 12.8 Å². The molecule has 3 heteroatoms. The first-order valence-electron chi connectivity index (χ1n) is 8.82. The Morgan fingerprint density at radius 2 is 1.76 bits per heavy atom. The summed E-state index contributed by atoms with van der Waals surface area (Å²) in [6.07, 6.45) is 22.1. The zero-order valence-electron chi connectivity index (χ0n) is 13.8. The van der Waals surface area contributed by atoms with Gasteiger partial charge in [0.25, 0.3) is 0 Å². The number of hydrogen-bond acceptors (Lipinski definition) is 3. The molecule has 0 aliphatic carbocycles. The van der Waals surface area contributed by atoms with Crippen LogP contribution in [0.5, 0.6) is 0 Å². The molecule has 1 unspecified atom stereocenters. The van der Waals surface area contributed by atoms with E-state index < -0.39 is 0 Å². The van der Waals surface area contributed by atoms with Gasteiger partial charge in [0.1, 0.15) is 0 Å². The second-order valence-electron chi connectivity index (χ2n) is 5.92. The molecule has 0 fully saturated rings. The third kappa shape index (κ3) is 8.82. The van der Waals surface area contributed by atoms with Gasteiger partial charge in [0.2, 0.25) is 0 Å². The molecule has 1 rings (SSSR count). The summed E-state index contributed by atoms with van der Waals surface area (Å²) < 4.78 is 0. The largest absolute Gasteiger partial charge is 0.395 e. The van der Waals surface area contributed by atoms with E-state index in [-0.39, 0.29) is 6.61 Å². The first-order valence-corrected chi connectivity index (χ1v) is 8.82. The number of nitrogens with zero attached hydrogens (tertiary/aromatic N) is 1. The highest BCUT2D eigenvalue weighted by Crippen LogP contribution is 2.14. The molecule has 0 radical (unpaired) electrons. The Bertz CT molecular complexity index is 289. The molecule has 0 amide bonds. The van der Waals surface area contributed by atoms with Gasteiger partial charge >= 0.3 is 0 Å². The molecule has 0 aromatic rings. The van der Waals surface area contributed by atoms with Crippen molar-refractivity contribution in [2.24, 2.45) is 0 Å². The van der Waals surface area contributed by atoms with Crippen LogP contribution < -0.4 is 5.32 Å². The van der Waals surface area contributed by atoms with Gasteiger partial charge in [-0.25, -0.2) is 0 Å². The summed E-state index contributed by atoms with van der Waals surface area (Å²) in [4.78, 5) is 2.20. The van der Waals surface area contributed by atoms with Crippen LogP contribution in [0.2, 0.25) is 0 Å². The number of nitrogens with one attached hydrogen (secondary N) is 1. The molecular weight excluding hydrogens is 260 g/mol. The van der Waals surface area contributed by atoms with Crippen molar-refractivity contribution in [2.75, 3.05) is 13.2 Å². The third-order valence-electron chi connectivity index (χ3n) is 4.05. The molecule has 122 valence electrons. The molecule has 0 spiro atoms. The number of aliphatic hydroxyl groups excluding tert-OH is 1. The second kappa shape index (κ2) is 12.8. The van der Waals surface area contributed by atoms with Gasteiger partial charge in [-0.3, -0.25) is 0 Å². The summed E-state index contributed by atoms with van der Waals surface area (Å²) >= 11 is 0. The molecule has 0 aromatic carbocycles. The summed E-state index contributed by atoms with van der Waals surface area (Å²) in [7, 11) is 0. The molecule has 1 aliphatic heterocycles. The smallest absolute Gasteiger partial charge is 0.0982 e. The summed E-state index contributed by atoms with van der Waals surface area (Å²) in [6, 6.07) is 0. The second-order valence-corrected chi connectivity index (χ2v) is 5.92. The number of β-amino-alcohol motifs (C(OH)–C–C–N with tert-alkyl or cyclic N) is 1. The summed E-state index contributed by atoms with van der Waals surface area (Å²) in [5, 5.41) is 12.3. The lowest BCUT2D eigenvalue weighted by atomic mass is 10.1. The van der Waals surface area contributed by atoms with Crippen LogP contribution in [0, 0.1) is 0 Å². The average molecular weight is 294 g/mol. The minimum atomic E-state index is 0.230. The maximum atomic E-state index is 9.00. The maximum Gasteiger partial charge on any atom is 0.0982 e. The van der Waals surface area contributed by atoms with Gasteiger partial charge in [0, 0.05) is 18.9 Å². The zero-order valence-corrected chi connectivity index (χ0v) is 13.8. The Kier molecular flexibility index (Phi) is 11.0. The maximum absolute atomic E-state index is 9.00. The van der Waals surface area contributed by atoms with Crippen molar-refractivity contribution in [1.82, 2.24) is 10.2 Å². The van der Waals surface area contributed by atoms with Gasteiger partial charge in [-0.1, -0.05) is 51.2 Å². The Morgan fingerprint density at radius 3 is 2.52 bits per heavy atom. The quantitative estimate of drug-likeness (QED) is 0.395. The van der Waals surface area contributed by atoms with Gasteiger partial charge in [0.15, 0.2) is 0 Å². The van der Waals surface area contributed by atoms with Gasteiger partial charge in [-0.05, 0) is 32.1 Å². The average Bonchev–Trinajstić information content (AvgIpc) is 2.92. The van der Waals surface area contributed by atoms with E-state index in [0.29, 0.717) is 6.17 Å². The number of unbranched alkanes of at least 4 members (excludes halogenated alkanes) is 7. The van der Waals surface area contributed by atoms with Crippen LogP contribution in [-0.4, -0.2) is 29.3 Å². The van der Waals surface area contributed by atoms with Crippen LogP contribution in [0.4, 0.5) is 0 Å². The van der Waals surface area contributed by atoms with Crippen LogP contribution in [0.15, 0.2) is 24.6 Å². The molecular formula is C18H34N2O. The molecule has 1 atom stereocenters. The molecule has 2 N–H and O–H groups in total. The molecule has 3 nitrogen and oxygen atoms in total. The molecule has 21 heavy (non-hydrogen) atoms. The van der Waals surface area contributed by atoms with Crippen LogP contribution in [-0.2, 0) is 0 Å². The van der Waals surface area contributed by atoms with Crippen molar-refractivity contribution in [3.63, 3.8) is 0 Å². The van der Waals surface area contributed by atoms with Crippen LogP contribution >= 0.6 is 0 Å². The molecule has 1 aliphatic rings. The molecule has 0 saturated heterocycles. The predicted octanol–water partition coefficient (Wildman–Crippen LogP) is 4.16. The van der Waals surface area contributed by atoms with Gasteiger partial charge in [-0.15, -0.1) is 0 Å². The number of rotatable bonds is 13. The molecule has 0 aromatic heterocycles. The first-order chi connectivity index (χ1) is 10.4. The highest BCUT2D eigenvalue weighted by atomic mass is 16.3. The number of allylic oxidation sites excluding steroid dienone is 2. The lowest BCUT2D eigenvalue weighted by Gasteiger charge is -2.24. The monoisotopic (exact) mass is 294 g/mol. The summed E-state index contributed by atoms with van der Waals surface area (Å²) in [5.74, 6) is 0. The van der Waals surface area contributed by atoms with Crippen molar-refractivity contribution in [1.29, 1.82) is 0 Å². The van der Waals surface area contributed by atoms with Crippen molar-refractivity contribution in [2.45, 2.75) is 77.3 Å². The van der Waals surface area contributed by atoms with E-state index in [1.165, 1.54) is 64.2 Å². The highest BCUT2D eigenvalue weighted by Gasteiger charge is 2.16. The Labute approximate surface area is 131 Å². The Morgan fingerprint density at radius 1 is 1.05 bits per heavy atom. The van der Waals surface area contributed by atoms with Gasteiger partial charge < -0.3 is 15.3 Å². The predicted molar refractivity (Wildman–Crippen MR) is 90.8 cm³/mol. The Balaban J connectivity index is 1.87.